The molecule has 0 aromatic heterocycles. The molecule has 0 spiro atoms. The van der Waals surface area contributed by atoms with Crippen LogP contribution >= 0.6 is 0 Å². The predicted octanol–water partition coefficient (Wildman–Crippen LogP) is 2.14. The summed E-state index contributed by atoms with van der Waals surface area (Å²) in [5.74, 6) is 1.21. The maximum atomic E-state index is 9.78. The molecule has 1 N–H and O–H groups in total. The molecule has 0 bridgehead atoms. The van der Waals surface area contributed by atoms with Crippen molar-refractivity contribution in [2.75, 3.05) is 14.2 Å². The fraction of sp³-hybridized carbons (Fsp3) is 0.273. The summed E-state index contributed by atoms with van der Waals surface area (Å²) in [5, 5.41) is 9.78. The molecule has 3 nitrogen and oxygen atoms in total. The fourth-order valence-electron chi connectivity index (χ4n) is 1.29. The van der Waals surface area contributed by atoms with E-state index in [4.69, 9.17) is 9.47 Å². The van der Waals surface area contributed by atoms with Crippen LogP contribution in [0.2, 0.25) is 0 Å². The van der Waals surface area contributed by atoms with Gasteiger partial charge in [-0.05, 0) is 18.6 Å². The van der Waals surface area contributed by atoms with Gasteiger partial charge in [0.2, 0.25) is 0 Å². The number of methoxy groups -OCH3 is 2. The Labute approximate surface area is 83.6 Å². The number of hydrogen-bond acceptors (Lipinski definition) is 3. The van der Waals surface area contributed by atoms with Crippen LogP contribution in [0.5, 0.6) is 17.2 Å². The number of allylic oxidation sites excluding steroid dienone is 1. The molecule has 1 rings (SSSR count). The van der Waals surface area contributed by atoms with E-state index in [-0.39, 0.29) is 5.75 Å². The van der Waals surface area contributed by atoms with E-state index in [2.05, 4.69) is 6.58 Å². The Hall–Kier alpha value is -1.64. The molecule has 3 heteroatoms. The van der Waals surface area contributed by atoms with Gasteiger partial charge in [0.05, 0.1) is 14.2 Å². The Balaban J connectivity index is 3.23. The van der Waals surface area contributed by atoms with Crippen molar-refractivity contribution in [3.63, 3.8) is 0 Å². The average Bonchev–Trinajstić information content (AvgIpc) is 2.21. The third kappa shape index (κ3) is 1.82. The van der Waals surface area contributed by atoms with Gasteiger partial charge in [-0.15, -0.1) is 6.58 Å². The zero-order valence-electron chi connectivity index (χ0n) is 8.41. The summed E-state index contributed by atoms with van der Waals surface area (Å²) in [7, 11) is 3.08. The summed E-state index contributed by atoms with van der Waals surface area (Å²) in [5.41, 5.74) is 0.696. The first-order chi connectivity index (χ1) is 6.74. The summed E-state index contributed by atoms with van der Waals surface area (Å²) in [4.78, 5) is 0. The van der Waals surface area contributed by atoms with Gasteiger partial charge in [-0.25, -0.2) is 0 Å². The van der Waals surface area contributed by atoms with Crippen molar-refractivity contribution in [3.05, 3.63) is 30.4 Å². The number of ether oxygens (including phenoxy) is 2. The molecule has 14 heavy (non-hydrogen) atoms. The fourth-order valence-corrected chi connectivity index (χ4v) is 1.29. The highest BCUT2D eigenvalue weighted by Crippen LogP contribution is 2.36. The van der Waals surface area contributed by atoms with Crippen LogP contribution in [-0.4, -0.2) is 19.3 Å². The molecule has 0 aliphatic heterocycles. The van der Waals surface area contributed by atoms with E-state index >= 15 is 0 Å². The first-order valence-electron chi connectivity index (χ1n) is 4.28. The van der Waals surface area contributed by atoms with E-state index in [0.717, 1.165) is 0 Å². The van der Waals surface area contributed by atoms with E-state index in [1.165, 1.54) is 7.11 Å². The van der Waals surface area contributed by atoms with Crippen LogP contribution in [-0.2, 0) is 6.42 Å². The molecule has 0 atom stereocenters. The Morgan fingerprint density at radius 1 is 1.29 bits per heavy atom. The minimum absolute atomic E-state index is 0.117. The monoisotopic (exact) mass is 194 g/mol. The lowest BCUT2D eigenvalue weighted by atomic mass is 10.1. The number of phenolic OH excluding ortho intramolecular Hbond substituents is 1. The minimum atomic E-state index is 0.117. The molecule has 0 heterocycles. The van der Waals surface area contributed by atoms with Crippen LogP contribution in [0.3, 0.4) is 0 Å². The lowest BCUT2D eigenvalue weighted by Crippen LogP contribution is -1.94. The highest BCUT2D eigenvalue weighted by atomic mass is 16.5. The van der Waals surface area contributed by atoms with Crippen molar-refractivity contribution < 1.29 is 14.6 Å². The molecule has 0 amide bonds. The first-order valence-corrected chi connectivity index (χ1v) is 4.28. The van der Waals surface area contributed by atoms with Gasteiger partial charge in [0.25, 0.3) is 0 Å². The summed E-state index contributed by atoms with van der Waals surface area (Å²) < 4.78 is 10.1. The third-order valence-electron chi connectivity index (χ3n) is 1.99. The van der Waals surface area contributed by atoms with Crippen molar-refractivity contribution in [3.8, 4) is 17.2 Å². The second kappa shape index (κ2) is 4.56. The molecule has 1 aromatic rings. The Morgan fingerprint density at radius 3 is 2.36 bits per heavy atom. The van der Waals surface area contributed by atoms with Gasteiger partial charge in [0, 0.05) is 5.56 Å². The molecule has 0 fully saturated rings. The molecular weight excluding hydrogens is 180 g/mol. The number of aromatic hydroxyl groups is 1. The quantitative estimate of drug-likeness (QED) is 0.746. The maximum Gasteiger partial charge on any atom is 0.164 e. The number of hydrogen-bond donors (Lipinski definition) is 1. The minimum Gasteiger partial charge on any atom is -0.504 e. The van der Waals surface area contributed by atoms with E-state index < -0.39 is 0 Å². The van der Waals surface area contributed by atoms with E-state index in [1.807, 2.05) is 0 Å². The SMILES string of the molecule is C=CCc1c(OC)ccc(OC)c1O. The average molecular weight is 194 g/mol. The number of benzene rings is 1. The largest absolute Gasteiger partial charge is 0.504 e. The number of rotatable bonds is 4. The topological polar surface area (TPSA) is 38.7 Å². The molecule has 0 radical (unpaired) electrons. The van der Waals surface area contributed by atoms with Gasteiger partial charge < -0.3 is 14.6 Å². The second-order valence-electron chi connectivity index (χ2n) is 2.79. The van der Waals surface area contributed by atoms with Gasteiger partial charge >= 0.3 is 0 Å². The summed E-state index contributed by atoms with van der Waals surface area (Å²) in [6, 6.07) is 3.43. The smallest absolute Gasteiger partial charge is 0.164 e. The van der Waals surface area contributed by atoms with Crippen molar-refractivity contribution >= 4 is 0 Å². The van der Waals surface area contributed by atoms with Crippen molar-refractivity contribution in [1.29, 1.82) is 0 Å². The lowest BCUT2D eigenvalue weighted by Gasteiger charge is -2.11. The predicted molar refractivity (Wildman–Crippen MR) is 55.1 cm³/mol. The highest BCUT2D eigenvalue weighted by Gasteiger charge is 2.11. The normalized spacial score (nSPS) is 9.57. The Bertz CT molecular complexity index is 332. The van der Waals surface area contributed by atoms with Crippen LogP contribution < -0.4 is 9.47 Å². The molecule has 0 aliphatic carbocycles. The highest BCUT2D eigenvalue weighted by molar-refractivity contribution is 5.53. The van der Waals surface area contributed by atoms with E-state index in [0.29, 0.717) is 23.5 Å². The van der Waals surface area contributed by atoms with Gasteiger partial charge in [-0.2, -0.15) is 0 Å². The van der Waals surface area contributed by atoms with Crippen LogP contribution in [0, 0.1) is 0 Å². The van der Waals surface area contributed by atoms with Crippen molar-refractivity contribution in [2.45, 2.75) is 6.42 Å². The first kappa shape index (κ1) is 10.4. The van der Waals surface area contributed by atoms with Gasteiger partial charge in [-0.3, -0.25) is 0 Å². The summed E-state index contributed by atoms with van der Waals surface area (Å²) in [6.07, 6.45) is 2.25. The van der Waals surface area contributed by atoms with Crippen LogP contribution in [0.1, 0.15) is 5.56 Å². The van der Waals surface area contributed by atoms with Gasteiger partial charge in [-0.1, -0.05) is 6.08 Å². The van der Waals surface area contributed by atoms with E-state index in [9.17, 15) is 5.11 Å². The molecular formula is C11H14O3. The molecule has 0 unspecified atom stereocenters. The molecule has 0 saturated carbocycles. The summed E-state index contributed by atoms with van der Waals surface area (Å²) >= 11 is 0. The van der Waals surface area contributed by atoms with Gasteiger partial charge in [0.15, 0.2) is 11.5 Å². The molecule has 0 aliphatic rings. The Morgan fingerprint density at radius 2 is 1.86 bits per heavy atom. The zero-order chi connectivity index (χ0) is 10.6. The molecule has 76 valence electrons. The van der Waals surface area contributed by atoms with Crippen molar-refractivity contribution in [2.24, 2.45) is 0 Å². The van der Waals surface area contributed by atoms with E-state index in [1.54, 1.807) is 25.3 Å². The van der Waals surface area contributed by atoms with Crippen LogP contribution in [0.4, 0.5) is 0 Å². The van der Waals surface area contributed by atoms with Crippen molar-refractivity contribution in [1.82, 2.24) is 0 Å². The Kier molecular flexibility index (Phi) is 3.40. The van der Waals surface area contributed by atoms with Gasteiger partial charge in [0.1, 0.15) is 5.75 Å². The van der Waals surface area contributed by atoms with Crippen LogP contribution in [0.25, 0.3) is 0 Å². The third-order valence-corrected chi connectivity index (χ3v) is 1.99. The molecule has 1 aromatic carbocycles. The second-order valence-corrected chi connectivity index (χ2v) is 2.79. The maximum absolute atomic E-state index is 9.78. The standard InChI is InChI=1S/C11H14O3/c1-4-5-8-9(13-2)6-7-10(14-3)11(8)12/h4,6-7,12H,1,5H2,2-3H3. The number of phenols is 1. The lowest BCUT2D eigenvalue weighted by molar-refractivity contribution is 0.361. The summed E-state index contributed by atoms with van der Waals surface area (Å²) in [6.45, 7) is 3.62. The zero-order valence-corrected chi connectivity index (χ0v) is 8.41. The van der Waals surface area contributed by atoms with Crippen LogP contribution in [0.15, 0.2) is 24.8 Å². The molecule has 0 saturated heterocycles.